The van der Waals surface area contributed by atoms with E-state index in [4.69, 9.17) is 0 Å². The van der Waals surface area contributed by atoms with Crippen LogP contribution in [0.2, 0.25) is 0 Å². The van der Waals surface area contributed by atoms with Gasteiger partial charge >= 0.3 is 0 Å². The van der Waals surface area contributed by atoms with Crippen molar-refractivity contribution in [3.05, 3.63) is 0 Å². The Bertz CT molecular complexity index is 270. The van der Waals surface area contributed by atoms with Crippen molar-refractivity contribution in [3.63, 3.8) is 0 Å². The number of nitriles is 1. The molecule has 0 saturated heterocycles. The third-order valence-electron chi connectivity index (χ3n) is 3.48. The maximum Gasteiger partial charge on any atom is 0.109 e. The van der Waals surface area contributed by atoms with Crippen molar-refractivity contribution in [2.75, 3.05) is 5.75 Å². The van der Waals surface area contributed by atoms with Crippen molar-refractivity contribution in [3.8, 4) is 6.07 Å². The van der Waals surface area contributed by atoms with Crippen LogP contribution < -0.4 is 5.32 Å². The lowest BCUT2D eigenvalue weighted by Gasteiger charge is -2.32. The maximum atomic E-state index is 9.53. The summed E-state index contributed by atoms with van der Waals surface area (Å²) in [7, 11) is 0. The van der Waals surface area contributed by atoms with Crippen molar-refractivity contribution in [2.45, 2.75) is 70.2 Å². The molecule has 0 aliphatic heterocycles. The van der Waals surface area contributed by atoms with Crippen LogP contribution in [0.3, 0.4) is 0 Å². The minimum atomic E-state index is -0.244. The van der Waals surface area contributed by atoms with Gasteiger partial charge in [-0.2, -0.15) is 17.0 Å². The normalized spacial score (nSPS) is 28.9. The summed E-state index contributed by atoms with van der Waals surface area (Å²) < 4.78 is 0. The quantitative estimate of drug-likeness (QED) is 0.787. The molecule has 98 valence electrons. The van der Waals surface area contributed by atoms with E-state index in [0.717, 1.165) is 6.42 Å². The number of hydrogen-bond acceptors (Lipinski definition) is 3. The Balaban J connectivity index is 2.54. The van der Waals surface area contributed by atoms with E-state index >= 15 is 0 Å². The van der Waals surface area contributed by atoms with Gasteiger partial charge in [0, 0.05) is 6.04 Å². The van der Waals surface area contributed by atoms with E-state index in [-0.39, 0.29) is 5.54 Å². The Morgan fingerprint density at radius 1 is 1.41 bits per heavy atom. The van der Waals surface area contributed by atoms with Crippen LogP contribution in [0.4, 0.5) is 0 Å². The van der Waals surface area contributed by atoms with Crippen LogP contribution in [0.1, 0.15) is 53.4 Å². The summed E-state index contributed by atoms with van der Waals surface area (Å²) in [6, 6.07) is 2.97. The largest absolute Gasteiger partial charge is 0.297 e. The smallest absolute Gasteiger partial charge is 0.109 e. The molecule has 3 heteroatoms. The zero-order valence-electron chi connectivity index (χ0n) is 11.6. The Hall–Kier alpha value is -0.200. The maximum absolute atomic E-state index is 9.53. The van der Waals surface area contributed by atoms with Gasteiger partial charge in [0.15, 0.2) is 0 Å². The van der Waals surface area contributed by atoms with E-state index in [1.54, 1.807) is 0 Å². The molecule has 0 bridgehead atoms. The molecule has 0 aromatic heterocycles. The average Bonchev–Trinajstić information content (AvgIpc) is 2.61. The molecule has 1 N–H and O–H groups in total. The van der Waals surface area contributed by atoms with Gasteiger partial charge in [-0.25, -0.2) is 0 Å². The van der Waals surface area contributed by atoms with Crippen LogP contribution in [0.5, 0.6) is 0 Å². The minimum Gasteiger partial charge on any atom is -0.297 e. The number of hydrogen-bond donors (Lipinski definition) is 1. The molecule has 1 fully saturated rings. The fourth-order valence-electron chi connectivity index (χ4n) is 2.80. The van der Waals surface area contributed by atoms with Gasteiger partial charge in [-0.15, -0.1) is 0 Å². The second-order valence-corrected chi connectivity index (χ2v) is 7.36. The molecular formula is C14H26N2S. The standard InChI is InChI=1S/C14H26N2S/c1-11(2)16-14(10-15)8-5-6-13(14)7-9-17-12(3)4/h11-13,16H,5-9H2,1-4H3. The molecule has 2 nitrogen and oxygen atoms in total. The second kappa shape index (κ2) is 6.66. The van der Waals surface area contributed by atoms with Crippen LogP contribution in [0.15, 0.2) is 0 Å². The Morgan fingerprint density at radius 2 is 2.12 bits per heavy atom. The molecule has 2 unspecified atom stereocenters. The Kier molecular flexibility index (Phi) is 5.82. The molecule has 0 heterocycles. The first kappa shape index (κ1) is 14.9. The summed E-state index contributed by atoms with van der Waals surface area (Å²) in [5.41, 5.74) is -0.244. The Morgan fingerprint density at radius 3 is 2.65 bits per heavy atom. The first-order chi connectivity index (χ1) is 8.00. The molecule has 1 rings (SSSR count). The van der Waals surface area contributed by atoms with E-state index in [0.29, 0.717) is 17.2 Å². The van der Waals surface area contributed by atoms with E-state index in [2.05, 4.69) is 39.1 Å². The van der Waals surface area contributed by atoms with Crippen molar-refractivity contribution in [2.24, 2.45) is 5.92 Å². The predicted octanol–water partition coefficient (Wildman–Crippen LogP) is 3.58. The highest BCUT2D eigenvalue weighted by molar-refractivity contribution is 7.99. The van der Waals surface area contributed by atoms with E-state index in [9.17, 15) is 5.26 Å². The van der Waals surface area contributed by atoms with Gasteiger partial charge in [0.05, 0.1) is 6.07 Å². The Labute approximate surface area is 111 Å². The molecule has 0 spiro atoms. The van der Waals surface area contributed by atoms with Gasteiger partial charge < -0.3 is 0 Å². The van der Waals surface area contributed by atoms with Gasteiger partial charge in [0.1, 0.15) is 5.54 Å². The van der Waals surface area contributed by atoms with Crippen LogP contribution in [-0.4, -0.2) is 22.6 Å². The number of nitrogens with one attached hydrogen (secondary N) is 1. The molecule has 1 saturated carbocycles. The fraction of sp³-hybridized carbons (Fsp3) is 0.929. The van der Waals surface area contributed by atoms with Crippen LogP contribution in [-0.2, 0) is 0 Å². The van der Waals surface area contributed by atoms with Gasteiger partial charge in [-0.05, 0) is 50.0 Å². The van der Waals surface area contributed by atoms with E-state index in [1.165, 1.54) is 25.0 Å². The summed E-state index contributed by atoms with van der Waals surface area (Å²) in [5.74, 6) is 1.73. The monoisotopic (exact) mass is 254 g/mol. The molecule has 0 aromatic carbocycles. The van der Waals surface area contributed by atoms with Crippen molar-refractivity contribution >= 4 is 11.8 Å². The van der Waals surface area contributed by atoms with Crippen LogP contribution >= 0.6 is 11.8 Å². The lowest BCUT2D eigenvalue weighted by molar-refractivity contribution is 0.289. The van der Waals surface area contributed by atoms with E-state index in [1.807, 2.05) is 11.8 Å². The van der Waals surface area contributed by atoms with Crippen LogP contribution in [0, 0.1) is 17.2 Å². The summed E-state index contributed by atoms with van der Waals surface area (Å²) in [6.07, 6.45) is 4.62. The highest BCUT2D eigenvalue weighted by Crippen LogP contribution is 2.38. The highest BCUT2D eigenvalue weighted by Gasteiger charge is 2.42. The average molecular weight is 254 g/mol. The topological polar surface area (TPSA) is 35.8 Å². The lowest BCUT2D eigenvalue weighted by Crippen LogP contribution is -2.50. The summed E-state index contributed by atoms with van der Waals surface area (Å²) in [5, 5.41) is 13.7. The molecule has 1 aliphatic rings. The number of thioether (sulfide) groups is 1. The molecule has 2 atom stereocenters. The zero-order valence-corrected chi connectivity index (χ0v) is 12.4. The first-order valence-electron chi connectivity index (χ1n) is 6.80. The van der Waals surface area contributed by atoms with Crippen LogP contribution in [0.25, 0.3) is 0 Å². The SMILES string of the molecule is CC(C)NC1(C#N)CCCC1CCSC(C)C. The summed E-state index contributed by atoms with van der Waals surface area (Å²) >= 11 is 2.01. The molecule has 0 aromatic rings. The van der Waals surface area contributed by atoms with Crippen molar-refractivity contribution in [1.82, 2.24) is 5.32 Å². The zero-order chi connectivity index (χ0) is 12.9. The fourth-order valence-corrected chi connectivity index (χ4v) is 3.69. The van der Waals surface area contributed by atoms with Gasteiger partial charge in [-0.1, -0.05) is 20.3 Å². The van der Waals surface area contributed by atoms with Gasteiger partial charge in [-0.3, -0.25) is 5.32 Å². The minimum absolute atomic E-state index is 0.244. The molecule has 1 aliphatic carbocycles. The van der Waals surface area contributed by atoms with Crippen molar-refractivity contribution < 1.29 is 0 Å². The molecule has 17 heavy (non-hydrogen) atoms. The summed E-state index contributed by atoms with van der Waals surface area (Å²) in [6.45, 7) is 8.75. The first-order valence-corrected chi connectivity index (χ1v) is 7.85. The van der Waals surface area contributed by atoms with Gasteiger partial charge in [0.25, 0.3) is 0 Å². The second-order valence-electron chi connectivity index (χ2n) is 5.68. The number of rotatable bonds is 6. The summed E-state index contributed by atoms with van der Waals surface area (Å²) in [4.78, 5) is 0. The third kappa shape index (κ3) is 4.19. The highest BCUT2D eigenvalue weighted by atomic mass is 32.2. The van der Waals surface area contributed by atoms with Gasteiger partial charge in [0.2, 0.25) is 0 Å². The lowest BCUT2D eigenvalue weighted by atomic mass is 9.86. The molecule has 0 amide bonds. The molecular weight excluding hydrogens is 228 g/mol. The third-order valence-corrected chi connectivity index (χ3v) is 4.62. The van der Waals surface area contributed by atoms with Crippen molar-refractivity contribution in [1.29, 1.82) is 5.26 Å². The van der Waals surface area contributed by atoms with E-state index < -0.39 is 0 Å². The predicted molar refractivity (Wildman–Crippen MR) is 76.2 cm³/mol. The molecule has 0 radical (unpaired) electrons. The number of nitrogens with zero attached hydrogens (tertiary/aromatic N) is 1.